The van der Waals surface area contributed by atoms with Crippen LogP contribution in [0.5, 0.6) is 0 Å². The van der Waals surface area contributed by atoms with Crippen LogP contribution in [0.4, 0.5) is 0 Å². The Morgan fingerprint density at radius 2 is 2.18 bits per heavy atom. The van der Waals surface area contributed by atoms with E-state index in [-0.39, 0.29) is 17.1 Å². The van der Waals surface area contributed by atoms with Crippen LogP contribution in [0.15, 0.2) is 0 Å². The quantitative estimate of drug-likeness (QED) is 0.348. The first-order chi connectivity index (χ1) is 4.75. The summed E-state index contributed by atoms with van der Waals surface area (Å²) >= 11 is 0. The summed E-state index contributed by atoms with van der Waals surface area (Å²) in [6.07, 6.45) is 2.51. The van der Waals surface area contributed by atoms with Gasteiger partial charge in [-0.2, -0.15) is 5.06 Å². The molecule has 1 fully saturated rings. The second-order valence-corrected chi connectivity index (χ2v) is 2.75. The van der Waals surface area contributed by atoms with E-state index in [2.05, 4.69) is 0 Å². The molecule has 0 saturated heterocycles. The van der Waals surface area contributed by atoms with Gasteiger partial charge in [-0.3, -0.25) is 4.84 Å². The molecule has 0 spiro atoms. The molecule has 68 valence electrons. The van der Waals surface area contributed by atoms with E-state index in [1.807, 2.05) is 18.9 Å². The Hall–Kier alpha value is 0.0969. The van der Waals surface area contributed by atoms with Crippen LogP contribution >= 0.6 is 0 Å². The number of hydrogen-bond acceptors (Lipinski definition) is 3. The monoisotopic (exact) mass is 176 g/mol. The number of rotatable bonds is 4. The van der Waals surface area contributed by atoms with E-state index < -0.39 is 0 Å². The number of hydrogen-bond donors (Lipinski definition) is 1. The molecule has 0 amide bonds. The molecular formula is C7H20N2OSi. The summed E-state index contributed by atoms with van der Waals surface area (Å²) < 4.78 is 0. The van der Waals surface area contributed by atoms with E-state index in [0.29, 0.717) is 6.04 Å². The van der Waals surface area contributed by atoms with Crippen molar-refractivity contribution in [3.8, 4) is 0 Å². The van der Waals surface area contributed by atoms with E-state index in [1.54, 1.807) is 0 Å². The minimum Gasteiger partial charge on any atom is -0.314 e. The molecule has 4 heteroatoms. The van der Waals surface area contributed by atoms with Crippen molar-refractivity contribution in [2.24, 2.45) is 5.73 Å². The van der Waals surface area contributed by atoms with Crippen molar-refractivity contribution in [3.63, 3.8) is 0 Å². The smallest absolute Gasteiger partial charge is 0.0792 e. The predicted octanol–water partition coefficient (Wildman–Crippen LogP) is -0.745. The average molecular weight is 176 g/mol. The third kappa shape index (κ3) is 3.33. The molecule has 0 heterocycles. The molecule has 0 aliphatic heterocycles. The zero-order chi connectivity index (χ0) is 7.56. The molecule has 0 aromatic rings. The predicted molar refractivity (Wildman–Crippen MR) is 51.5 cm³/mol. The first-order valence-corrected chi connectivity index (χ1v) is 3.92. The largest absolute Gasteiger partial charge is 0.314 e. The molecule has 1 aliphatic carbocycles. The van der Waals surface area contributed by atoms with Gasteiger partial charge in [0.25, 0.3) is 0 Å². The van der Waals surface area contributed by atoms with Crippen molar-refractivity contribution >= 4 is 11.0 Å². The summed E-state index contributed by atoms with van der Waals surface area (Å²) in [6, 6.07) is 0.597. The Kier molecular flexibility index (Phi) is 4.91. The fourth-order valence-corrected chi connectivity index (χ4v) is 1.03. The Morgan fingerprint density at radius 1 is 1.64 bits per heavy atom. The first kappa shape index (κ1) is 11.1. The minimum atomic E-state index is 0. The standard InChI is InChI=1S/C7H16N2O.H4Si/c1-3-10-9(6(2)8)7-4-5-7;/h6-7H,3-5,8H2,1-2H3;1H4. The van der Waals surface area contributed by atoms with Gasteiger partial charge in [0.05, 0.1) is 12.8 Å². The molecular weight excluding hydrogens is 156 g/mol. The molecule has 2 N–H and O–H groups in total. The lowest BCUT2D eigenvalue weighted by atomic mass is 10.5. The third-order valence-electron chi connectivity index (χ3n) is 1.59. The summed E-state index contributed by atoms with van der Waals surface area (Å²) in [5.74, 6) is 0. The van der Waals surface area contributed by atoms with Crippen molar-refractivity contribution in [2.75, 3.05) is 6.61 Å². The van der Waals surface area contributed by atoms with Crippen LogP contribution in [-0.4, -0.2) is 34.8 Å². The van der Waals surface area contributed by atoms with Gasteiger partial charge in [0.1, 0.15) is 0 Å². The average Bonchev–Trinajstić information content (AvgIpc) is 2.63. The van der Waals surface area contributed by atoms with Crippen LogP contribution < -0.4 is 5.73 Å². The second kappa shape index (κ2) is 4.87. The van der Waals surface area contributed by atoms with Crippen molar-refractivity contribution < 1.29 is 4.84 Å². The van der Waals surface area contributed by atoms with Gasteiger partial charge in [-0.25, -0.2) is 0 Å². The van der Waals surface area contributed by atoms with Gasteiger partial charge in [0.2, 0.25) is 0 Å². The van der Waals surface area contributed by atoms with Crippen LogP contribution in [0.2, 0.25) is 0 Å². The topological polar surface area (TPSA) is 38.5 Å². The minimum absolute atomic E-state index is 0. The fraction of sp³-hybridized carbons (Fsp3) is 1.00. The molecule has 1 rings (SSSR count). The zero-order valence-corrected chi connectivity index (χ0v) is 6.71. The van der Waals surface area contributed by atoms with Crippen molar-refractivity contribution in [1.82, 2.24) is 5.06 Å². The van der Waals surface area contributed by atoms with Crippen LogP contribution in [0.25, 0.3) is 0 Å². The van der Waals surface area contributed by atoms with Gasteiger partial charge in [0.15, 0.2) is 0 Å². The second-order valence-electron chi connectivity index (χ2n) is 2.75. The van der Waals surface area contributed by atoms with Crippen molar-refractivity contribution in [3.05, 3.63) is 0 Å². The van der Waals surface area contributed by atoms with Gasteiger partial charge < -0.3 is 5.73 Å². The van der Waals surface area contributed by atoms with Gasteiger partial charge in [-0.05, 0) is 37.7 Å². The fourth-order valence-electron chi connectivity index (χ4n) is 1.03. The van der Waals surface area contributed by atoms with E-state index >= 15 is 0 Å². The molecule has 1 aliphatic rings. The lowest BCUT2D eigenvalue weighted by Crippen LogP contribution is -2.41. The van der Waals surface area contributed by atoms with E-state index in [1.165, 1.54) is 12.8 Å². The molecule has 11 heavy (non-hydrogen) atoms. The van der Waals surface area contributed by atoms with Crippen molar-refractivity contribution in [1.29, 1.82) is 0 Å². The molecule has 3 nitrogen and oxygen atoms in total. The van der Waals surface area contributed by atoms with Crippen LogP contribution in [-0.2, 0) is 4.84 Å². The number of nitrogens with zero attached hydrogens (tertiary/aromatic N) is 1. The maximum atomic E-state index is 5.66. The van der Waals surface area contributed by atoms with Gasteiger partial charge in [-0.1, -0.05) is 0 Å². The summed E-state index contributed by atoms with van der Waals surface area (Å²) in [5, 5.41) is 1.90. The summed E-state index contributed by atoms with van der Waals surface area (Å²) in [5.41, 5.74) is 5.66. The summed E-state index contributed by atoms with van der Waals surface area (Å²) in [6.45, 7) is 4.66. The molecule has 1 unspecified atom stereocenters. The lowest BCUT2D eigenvalue weighted by Gasteiger charge is -2.24. The van der Waals surface area contributed by atoms with E-state index in [4.69, 9.17) is 10.6 Å². The Bertz CT molecular complexity index is 105. The molecule has 1 saturated carbocycles. The zero-order valence-electron chi connectivity index (χ0n) is 6.71. The highest BCUT2D eigenvalue weighted by Gasteiger charge is 2.31. The number of hydroxylamine groups is 2. The SMILES string of the molecule is CCON(C(C)N)C1CC1.[SiH4]. The van der Waals surface area contributed by atoms with E-state index in [9.17, 15) is 0 Å². The lowest BCUT2D eigenvalue weighted by molar-refractivity contribution is -0.185. The highest BCUT2D eigenvalue weighted by atomic mass is 28.1. The Morgan fingerprint density at radius 3 is 2.45 bits per heavy atom. The maximum absolute atomic E-state index is 5.66. The third-order valence-corrected chi connectivity index (χ3v) is 1.59. The normalized spacial score (nSPS) is 19.6. The molecule has 0 radical (unpaired) electrons. The maximum Gasteiger partial charge on any atom is 0.0792 e. The first-order valence-electron chi connectivity index (χ1n) is 3.92. The van der Waals surface area contributed by atoms with Gasteiger partial charge in [-0.15, -0.1) is 0 Å². The Balaban J connectivity index is 0.000001000. The van der Waals surface area contributed by atoms with Crippen molar-refractivity contribution in [2.45, 2.75) is 38.9 Å². The Labute approximate surface area is 72.9 Å². The van der Waals surface area contributed by atoms with Crippen LogP contribution in [0.1, 0.15) is 26.7 Å². The number of nitrogens with two attached hydrogens (primary N) is 1. The summed E-state index contributed by atoms with van der Waals surface area (Å²) in [4.78, 5) is 5.34. The summed E-state index contributed by atoms with van der Waals surface area (Å²) in [7, 11) is 0. The van der Waals surface area contributed by atoms with Crippen LogP contribution in [0, 0.1) is 0 Å². The highest BCUT2D eigenvalue weighted by Crippen LogP contribution is 2.27. The van der Waals surface area contributed by atoms with Crippen LogP contribution in [0.3, 0.4) is 0 Å². The molecule has 0 aromatic heterocycles. The van der Waals surface area contributed by atoms with Gasteiger partial charge >= 0.3 is 0 Å². The van der Waals surface area contributed by atoms with E-state index in [0.717, 1.165) is 6.61 Å². The highest BCUT2D eigenvalue weighted by molar-refractivity contribution is 5.75. The molecule has 0 aromatic carbocycles. The molecule has 1 atom stereocenters. The molecule has 0 bridgehead atoms. The van der Waals surface area contributed by atoms with Gasteiger partial charge in [0, 0.05) is 6.04 Å².